The fourth-order valence-electron chi connectivity index (χ4n) is 1.29. The van der Waals surface area contributed by atoms with E-state index < -0.39 is 0 Å². The second kappa shape index (κ2) is 3.46. The summed E-state index contributed by atoms with van der Waals surface area (Å²) < 4.78 is 5.23. The van der Waals surface area contributed by atoms with Crippen LogP contribution >= 0.6 is 0 Å². The van der Waals surface area contributed by atoms with E-state index in [-0.39, 0.29) is 0 Å². The van der Waals surface area contributed by atoms with Gasteiger partial charge in [0, 0.05) is 11.9 Å². The Hall–Kier alpha value is -1.54. The van der Waals surface area contributed by atoms with Crippen molar-refractivity contribution >= 4 is 17.0 Å². The van der Waals surface area contributed by atoms with Gasteiger partial charge in [0.15, 0.2) is 0 Å². The van der Waals surface area contributed by atoms with Gasteiger partial charge in [0.2, 0.25) is 0 Å². The normalized spacial score (nSPS) is 11.5. The van der Waals surface area contributed by atoms with Gasteiger partial charge in [-0.1, -0.05) is 18.2 Å². The molecule has 0 amide bonds. The van der Waals surface area contributed by atoms with Gasteiger partial charge < -0.3 is 10.2 Å². The Morgan fingerprint density at radius 1 is 1.31 bits per heavy atom. The van der Waals surface area contributed by atoms with Crippen molar-refractivity contribution in [3.8, 4) is 0 Å². The quantitative estimate of drug-likeness (QED) is 0.757. The van der Waals surface area contributed by atoms with Gasteiger partial charge in [0.25, 0.3) is 0 Å². The summed E-state index contributed by atoms with van der Waals surface area (Å²) in [7, 11) is 0. The van der Waals surface area contributed by atoms with Gasteiger partial charge in [-0.2, -0.15) is 0 Å². The third-order valence-corrected chi connectivity index (χ3v) is 1.92. The van der Waals surface area contributed by atoms with E-state index >= 15 is 0 Å². The number of benzene rings is 1. The average molecular weight is 173 g/mol. The molecule has 2 aromatic rings. The topological polar surface area (TPSA) is 39.2 Å². The molecule has 0 saturated heterocycles. The Kier molecular flexibility index (Phi) is 2.15. The Bertz CT molecular complexity index is 428. The van der Waals surface area contributed by atoms with Crippen LogP contribution in [0.1, 0.15) is 5.56 Å². The highest BCUT2D eigenvalue weighted by atomic mass is 16.3. The smallest absolute Gasteiger partial charge is 0.133 e. The van der Waals surface area contributed by atoms with E-state index in [0.717, 1.165) is 16.5 Å². The number of furan rings is 1. The summed E-state index contributed by atoms with van der Waals surface area (Å²) in [5.74, 6) is 0. The average Bonchev–Trinajstić information content (AvgIpc) is 2.61. The van der Waals surface area contributed by atoms with Crippen molar-refractivity contribution in [3.05, 3.63) is 42.2 Å². The summed E-state index contributed by atoms with van der Waals surface area (Å²) in [6.45, 7) is 0.573. The van der Waals surface area contributed by atoms with Crippen LogP contribution in [0, 0.1) is 0 Å². The molecule has 0 bridgehead atoms. The lowest BCUT2D eigenvalue weighted by Crippen LogP contribution is -1.91. The number of hydrogen-bond acceptors (Lipinski definition) is 2. The first kappa shape index (κ1) is 8.08. The summed E-state index contributed by atoms with van der Waals surface area (Å²) in [5.41, 5.74) is 7.44. The standard InChI is InChI=1S/C11H11NO/c12-6-1-2-9-3-4-11-10(8-9)5-7-13-11/h1-5,7-8H,6,12H2/b2-1+. The third kappa shape index (κ3) is 1.63. The molecule has 2 N–H and O–H groups in total. The zero-order valence-corrected chi connectivity index (χ0v) is 7.23. The molecule has 1 aromatic heterocycles. The van der Waals surface area contributed by atoms with E-state index in [2.05, 4.69) is 6.07 Å². The first-order chi connectivity index (χ1) is 6.40. The summed E-state index contributed by atoms with van der Waals surface area (Å²) in [5, 5.41) is 1.12. The van der Waals surface area contributed by atoms with Gasteiger partial charge in [0.05, 0.1) is 6.26 Å². The lowest BCUT2D eigenvalue weighted by atomic mass is 10.1. The lowest BCUT2D eigenvalue weighted by Gasteiger charge is -1.92. The maximum atomic E-state index is 5.36. The largest absolute Gasteiger partial charge is 0.464 e. The molecule has 0 aliphatic heterocycles. The highest BCUT2D eigenvalue weighted by molar-refractivity contribution is 5.79. The number of nitrogens with two attached hydrogens (primary N) is 1. The summed E-state index contributed by atoms with van der Waals surface area (Å²) in [4.78, 5) is 0. The van der Waals surface area contributed by atoms with E-state index in [1.165, 1.54) is 0 Å². The molecule has 2 heteroatoms. The van der Waals surface area contributed by atoms with E-state index in [0.29, 0.717) is 6.54 Å². The minimum Gasteiger partial charge on any atom is -0.464 e. The van der Waals surface area contributed by atoms with Crippen LogP contribution < -0.4 is 5.73 Å². The van der Waals surface area contributed by atoms with Crippen molar-refractivity contribution < 1.29 is 4.42 Å². The number of rotatable bonds is 2. The van der Waals surface area contributed by atoms with Gasteiger partial charge in [-0.15, -0.1) is 0 Å². The molecule has 0 unspecified atom stereocenters. The van der Waals surface area contributed by atoms with Gasteiger partial charge in [0.1, 0.15) is 5.58 Å². The van der Waals surface area contributed by atoms with Crippen LogP contribution in [-0.2, 0) is 0 Å². The molecule has 0 radical (unpaired) electrons. The van der Waals surface area contributed by atoms with E-state index in [4.69, 9.17) is 10.2 Å². The zero-order chi connectivity index (χ0) is 9.10. The van der Waals surface area contributed by atoms with Crippen LogP contribution in [0.3, 0.4) is 0 Å². The Labute approximate surface area is 76.7 Å². The van der Waals surface area contributed by atoms with Crippen molar-refractivity contribution in [2.24, 2.45) is 5.73 Å². The second-order valence-corrected chi connectivity index (χ2v) is 2.86. The summed E-state index contributed by atoms with van der Waals surface area (Å²) >= 11 is 0. The van der Waals surface area contributed by atoms with E-state index in [1.54, 1.807) is 6.26 Å². The molecule has 2 rings (SSSR count). The molecule has 0 aliphatic carbocycles. The lowest BCUT2D eigenvalue weighted by molar-refractivity contribution is 0.616. The summed E-state index contributed by atoms with van der Waals surface area (Å²) in [6, 6.07) is 8.00. The minimum absolute atomic E-state index is 0.573. The van der Waals surface area contributed by atoms with Gasteiger partial charge in [-0.05, 0) is 23.8 Å². The number of hydrogen-bond donors (Lipinski definition) is 1. The fourth-order valence-corrected chi connectivity index (χ4v) is 1.29. The Balaban J connectivity index is 2.42. The van der Waals surface area contributed by atoms with Crippen LogP contribution in [0.25, 0.3) is 17.0 Å². The first-order valence-electron chi connectivity index (χ1n) is 4.24. The minimum atomic E-state index is 0.573. The van der Waals surface area contributed by atoms with Crippen molar-refractivity contribution in [2.75, 3.05) is 6.54 Å². The van der Waals surface area contributed by atoms with Crippen LogP contribution in [-0.4, -0.2) is 6.54 Å². The Morgan fingerprint density at radius 2 is 2.23 bits per heavy atom. The van der Waals surface area contributed by atoms with Gasteiger partial charge in [-0.25, -0.2) is 0 Å². The molecule has 0 aliphatic rings. The van der Waals surface area contributed by atoms with E-state index in [9.17, 15) is 0 Å². The fraction of sp³-hybridized carbons (Fsp3) is 0.0909. The molecule has 0 fully saturated rings. The first-order valence-corrected chi connectivity index (χ1v) is 4.24. The van der Waals surface area contributed by atoms with Crippen molar-refractivity contribution in [2.45, 2.75) is 0 Å². The summed E-state index contributed by atoms with van der Waals surface area (Å²) in [6.07, 6.45) is 5.63. The van der Waals surface area contributed by atoms with Crippen molar-refractivity contribution in [1.82, 2.24) is 0 Å². The molecule has 2 nitrogen and oxygen atoms in total. The zero-order valence-electron chi connectivity index (χ0n) is 7.23. The molecular weight excluding hydrogens is 162 g/mol. The highest BCUT2D eigenvalue weighted by Crippen LogP contribution is 2.17. The maximum Gasteiger partial charge on any atom is 0.133 e. The predicted molar refractivity (Wildman–Crippen MR) is 54.3 cm³/mol. The van der Waals surface area contributed by atoms with Gasteiger partial charge in [-0.3, -0.25) is 0 Å². The molecule has 1 aromatic carbocycles. The van der Waals surface area contributed by atoms with Crippen LogP contribution in [0.4, 0.5) is 0 Å². The third-order valence-electron chi connectivity index (χ3n) is 1.92. The van der Waals surface area contributed by atoms with Crippen molar-refractivity contribution in [3.63, 3.8) is 0 Å². The van der Waals surface area contributed by atoms with Crippen molar-refractivity contribution in [1.29, 1.82) is 0 Å². The second-order valence-electron chi connectivity index (χ2n) is 2.86. The molecule has 66 valence electrons. The number of fused-ring (bicyclic) bond motifs is 1. The Morgan fingerprint density at radius 3 is 3.08 bits per heavy atom. The predicted octanol–water partition coefficient (Wildman–Crippen LogP) is 2.40. The molecule has 0 spiro atoms. The van der Waals surface area contributed by atoms with Gasteiger partial charge >= 0.3 is 0 Å². The van der Waals surface area contributed by atoms with Crippen LogP contribution in [0.15, 0.2) is 41.0 Å². The molecular formula is C11H11NO. The van der Waals surface area contributed by atoms with E-state index in [1.807, 2.05) is 30.4 Å². The molecule has 1 heterocycles. The highest BCUT2D eigenvalue weighted by Gasteiger charge is 1.95. The SMILES string of the molecule is NC/C=C/c1ccc2occc2c1. The van der Waals surface area contributed by atoms with Crippen LogP contribution in [0.2, 0.25) is 0 Å². The molecule has 0 atom stereocenters. The molecule has 13 heavy (non-hydrogen) atoms. The maximum absolute atomic E-state index is 5.36. The monoisotopic (exact) mass is 173 g/mol. The molecule has 0 saturated carbocycles. The van der Waals surface area contributed by atoms with Crippen LogP contribution in [0.5, 0.6) is 0 Å².